The summed E-state index contributed by atoms with van der Waals surface area (Å²) in [4.78, 5) is 16.0. The van der Waals surface area contributed by atoms with E-state index in [0.717, 1.165) is 34.6 Å². The van der Waals surface area contributed by atoms with Gasteiger partial charge in [0.15, 0.2) is 0 Å². The predicted octanol–water partition coefficient (Wildman–Crippen LogP) is 3.94. The summed E-state index contributed by atoms with van der Waals surface area (Å²) in [5, 5.41) is 8.35. The van der Waals surface area contributed by atoms with E-state index in [1.807, 2.05) is 31.2 Å². The van der Waals surface area contributed by atoms with Crippen LogP contribution in [0.4, 0.5) is 5.95 Å². The van der Waals surface area contributed by atoms with Gasteiger partial charge in [-0.15, -0.1) is 0 Å². The van der Waals surface area contributed by atoms with E-state index in [4.69, 9.17) is 11.6 Å². The topological polar surface area (TPSA) is 65.4 Å². The zero-order valence-corrected chi connectivity index (χ0v) is 16.8. The van der Waals surface area contributed by atoms with Crippen LogP contribution in [0.25, 0.3) is 10.9 Å². The van der Waals surface area contributed by atoms with Gasteiger partial charge >= 0.3 is 0 Å². The van der Waals surface area contributed by atoms with E-state index >= 15 is 0 Å². The molecule has 7 heteroatoms. The highest BCUT2D eigenvalue weighted by atomic mass is 35.5. The minimum atomic E-state index is 0.562. The second kappa shape index (κ2) is 8.12. The summed E-state index contributed by atoms with van der Waals surface area (Å²) < 4.78 is 0. The van der Waals surface area contributed by atoms with Gasteiger partial charge in [-0.05, 0) is 48.7 Å². The van der Waals surface area contributed by atoms with Gasteiger partial charge < -0.3 is 5.32 Å². The molecule has 0 bridgehead atoms. The molecule has 0 aliphatic carbocycles. The van der Waals surface area contributed by atoms with Crippen molar-refractivity contribution in [2.75, 3.05) is 18.7 Å². The van der Waals surface area contributed by atoms with Gasteiger partial charge in [0.25, 0.3) is 0 Å². The third-order valence-electron chi connectivity index (χ3n) is 4.81. The van der Waals surface area contributed by atoms with Crippen molar-refractivity contribution in [3.63, 3.8) is 0 Å². The second-order valence-electron chi connectivity index (χ2n) is 6.90. The number of guanidine groups is 1. The summed E-state index contributed by atoms with van der Waals surface area (Å²) >= 11 is 5.95. The molecule has 0 fully saturated rings. The number of fused-ring (bicyclic) bond motifs is 1. The maximum atomic E-state index is 5.95. The Morgan fingerprint density at radius 2 is 1.89 bits per heavy atom. The van der Waals surface area contributed by atoms with Crippen molar-refractivity contribution in [2.45, 2.75) is 26.8 Å². The highest BCUT2D eigenvalue weighted by molar-refractivity contribution is 6.30. The lowest BCUT2D eigenvalue weighted by Gasteiger charge is -2.26. The Morgan fingerprint density at radius 3 is 2.61 bits per heavy atom. The molecule has 1 aromatic heterocycles. The first kappa shape index (κ1) is 18.7. The molecule has 3 aromatic rings. The lowest BCUT2D eigenvalue weighted by atomic mass is 10.1. The van der Waals surface area contributed by atoms with Gasteiger partial charge in [-0.25, -0.2) is 15.0 Å². The lowest BCUT2D eigenvalue weighted by molar-refractivity contribution is 0.256. The van der Waals surface area contributed by atoms with E-state index in [1.54, 1.807) is 0 Å². The molecule has 144 valence electrons. The zero-order valence-electron chi connectivity index (χ0n) is 16.0. The third kappa shape index (κ3) is 4.24. The third-order valence-corrected chi connectivity index (χ3v) is 5.06. The predicted molar refractivity (Wildman–Crippen MR) is 115 cm³/mol. The summed E-state index contributed by atoms with van der Waals surface area (Å²) in [7, 11) is 0. The minimum Gasteiger partial charge on any atom is -0.343 e. The number of aliphatic imine (C=N–C) groups is 1. The van der Waals surface area contributed by atoms with Crippen LogP contribution in [0.2, 0.25) is 5.02 Å². The van der Waals surface area contributed by atoms with Crippen LogP contribution in [0, 0.1) is 6.92 Å². The molecular weight excluding hydrogens is 372 g/mol. The monoisotopic (exact) mass is 394 g/mol. The normalized spacial score (nSPS) is 14.6. The molecule has 2 heterocycles. The van der Waals surface area contributed by atoms with Gasteiger partial charge in [0, 0.05) is 17.0 Å². The number of benzene rings is 2. The van der Waals surface area contributed by atoms with Crippen molar-refractivity contribution in [3.05, 3.63) is 64.3 Å². The van der Waals surface area contributed by atoms with Crippen LogP contribution < -0.4 is 10.6 Å². The van der Waals surface area contributed by atoms with Crippen molar-refractivity contribution in [2.24, 2.45) is 4.99 Å². The molecule has 6 nitrogen and oxygen atoms in total. The van der Waals surface area contributed by atoms with E-state index in [9.17, 15) is 0 Å². The molecule has 28 heavy (non-hydrogen) atoms. The summed E-state index contributed by atoms with van der Waals surface area (Å²) in [5.41, 5.74) is 4.40. The van der Waals surface area contributed by atoms with Crippen LogP contribution in [-0.2, 0) is 13.0 Å². The van der Waals surface area contributed by atoms with E-state index in [1.165, 1.54) is 11.1 Å². The fraction of sp³-hybridized carbons (Fsp3) is 0.286. The van der Waals surface area contributed by atoms with Crippen LogP contribution >= 0.6 is 11.6 Å². The Kier molecular flexibility index (Phi) is 5.41. The quantitative estimate of drug-likeness (QED) is 0.701. The van der Waals surface area contributed by atoms with Gasteiger partial charge in [0.2, 0.25) is 11.9 Å². The van der Waals surface area contributed by atoms with E-state index < -0.39 is 0 Å². The SMILES string of the molecule is CCc1ccc2nc(NC3=NCN(Cc4ccc(Cl)cc4)CN3)nc(C)c2c1. The van der Waals surface area contributed by atoms with E-state index in [-0.39, 0.29) is 0 Å². The van der Waals surface area contributed by atoms with Crippen LogP contribution in [0.15, 0.2) is 47.5 Å². The van der Waals surface area contributed by atoms with Crippen LogP contribution in [-0.4, -0.2) is 34.2 Å². The summed E-state index contributed by atoms with van der Waals surface area (Å²) in [6, 6.07) is 14.2. The Bertz CT molecular complexity index is 1020. The maximum absolute atomic E-state index is 5.95. The van der Waals surface area contributed by atoms with Gasteiger partial charge in [0.1, 0.15) is 0 Å². The van der Waals surface area contributed by atoms with Gasteiger partial charge in [0.05, 0.1) is 24.5 Å². The molecule has 4 rings (SSSR count). The van der Waals surface area contributed by atoms with Crippen molar-refractivity contribution >= 4 is 34.4 Å². The smallest absolute Gasteiger partial charge is 0.230 e. The first-order chi connectivity index (χ1) is 13.6. The number of hydrogen-bond donors (Lipinski definition) is 2. The zero-order chi connectivity index (χ0) is 19.5. The van der Waals surface area contributed by atoms with Crippen LogP contribution in [0.5, 0.6) is 0 Å². The van der Waals surface area contributed by atoms with Gasteiger partial charge in [-0.2, -0.15) is 0 Å². The number of nitrogens with zero attached hydrogens (tertiary/aromatic N) is 4. The lowest BCUT2D eigenvalue weighted by Crippen LogP contribution is -2.45. The van der Waals surface area contributed by atoms with Crippen molar-refractivity contribution in [3.8, 4) is 0 Å². The average molecular weight is 395 g/mol. The van der Waals surface area contributed by atoms with Crippen molar-refractivity contribution < 1.29 is 0 Å². The molecule has 2 aromatic carbocycles. The molecule has 0 saturated heterocycles. The molecule has 0 unspecified atom stereocenters. The van der Waals surface area contributed by atoms with Gasteiger partial charge in [-0.1, -0.05) is 36.7 Å². The summed E-state index contributed by atoms with van der Waals surface area (Å²) in [5.74, 6) is 1.25. The number of aromatic nitrogens is 2. The summed E-state index contributed by atoms with van der Waals surface area (Å²) in [6.45, 7) is 6.27. The molecular formula is C21H23ClN6. The van der Waals surface area contributed by atoms with Gasteiger partial charge in [-0.3, -0.25) is 10.2 Å². The number of halogens is 1. The highest BCUT2D eigenvalue weighted by Gasteiger charge is 2.14. The van der Waals surface area contributed by atoms with Crippen LogP contribution in [0.3, 0.4) is 0 Å². The minimum absolute atomic E-state index is 0.562. The second-order valence-corrected chi connectivity index (χ2v) is 7.34. The first-order valence-electron chi connectivity index (χ1n) is 9.40. The summed E-state index contributed by atoms with van der Waals surface area (Å²) in [6.07, 6.45) is 1.00. The standard InChI is InChI=1S/C21H23ClN6/c1-3-15-6-9-19-18(10-15)14(2)25-21(26-19)27-20-23-12-28(13-24-20)11-16-4-7-17(22)8-5-16/h4-10H,3,11-13H2,1-2H3,(H2,23,24,25,26,27). The highest BCUT2D eigenvalue weighted by Crippen LogP contribution is 2.19. The number of hydrogen-bond acceptors (Lipinski definition) is 6. The van der Waals surface area contributed by atoms with Crippen molar-refractivity contribution in [1.29, 1.82) is 0 Å². The fourth-order valence-electron chi connectivity index (χ4n) is 3.21. The molecule has 1 aliphatic heterocycles. The van der Waals surface area contributed by atoms with E-state index in [0.29, 0.717) is 25.2 Å². The maximum Gasteiger partial charge on any atom is 0.230 e. The molecule has 0 radical (unpaired) electrons. The fourth-order valence-corrected chi connectivity index (χ4v) is 3.34. The number of anilines is 1. The Morgan fingerprint density at radius 1 is 1.11 bits per heavy atom. The largest absolute Gasteiger partial charge is 0.343 e. The van der Waals surface area contributed by atoms with Crippen molar-refractivity contribution in [1.82, 2.24) is 20.2 Å². The number of rotatable bonds is 4. The molecule has 0 spiro atoms. The molecule has 2 N–H and O–H groups in total. The Balaban J connectivity index is 1.43. The number of aryl methyl sites for hydroxylation is 2. The van der Waals surface area contributed by atoms with Crippen LogP contribution in [0.1, 0.15) is 23.7 Å². The molecule has 1 aliphatic rings. The van der Waals surface area contributed by atoms with E-state index in [2.05, 4.69) is 55.6 Å². The average Bonchev–Trinajstić information content (AvgIpc) is 2.71. The Hall–Kier alpha value is -2.70. The molecule has 0 atom stereocenters. The first-order valence-corrected chi connectivity index (χ1v) is 9.78. The molecule has 0 saturated carbocycles. The Labute approximate surface area is 169 Å². The molecule has 0 amide bonds. The number of nitrogens with one attached hydrogen (secondary N) is 2.